The Labute approximate surface area is 114 Å². The van der Waals surface area contributed by atoms with Gasteiger partial charge in [0.25, 0.3) is 5.91 Å². The average molecular weight is 282 g/mol. The van der Waals surface area contributed by atoms with Gasteiger partial charge in [-0.05, 0) is 12.5 Å². The number of carbonyl (C=O) groups excluding carboxylic acids is 1. The van der Waals surface area contributed by atoms with E-state index in [2.05, 4.69) is 5.32 Å². The Hall–Kier alpha value is -2.07. The topological polar surface area (TPSA) is 99.4 Å². The molecular formula is C12H14N2O4S. The van der Waals surface area contributed by atoms with Crippen molar-refractivity contribution >= 4 is 23.2 Å². The van der Waals surface area contributed by atoms with Crippen LogP contribution in [0.15, 0.2) is 6.07 Å². The van der Waals surface area contributed by atoms with Crippen LogP contribution in [0.5, 0.6) is 5.75 Å². The summed E-state index contributed by atoms with van der Waals surface area (Å²) in [6.45, 7) is 1.91. The van der Waals surface area contributed by atoms with Crippen LogP contribution in [0.3, 0.4) is 0 Å². The van der Waals surface area contributed by atoms with E-state index in [0.717, 1.165) is 16.2 Å². The first-order valence-corrected chi connectivity index (χ1v) is 6.52. The molecule has 0 fully saturated rings. The zero-order valence-corrected chi connectivity index (χ0v) is 11.2. The third kappa shape index (κ3) is 4.60. The van der Waals surface area contributed by atoms with Crippen LogP contribution < -0.4 is 10.1 Å². The number of thiophene rings is 1. The Balaban J connectivity index is 2.57. The van der Waals surface area contributed by atoms with Gasteiger partial charge in [0.1, 0.15) is 5.75 Å². The molecule has 0 saturated heterocycles. The SMILES string of the molecule is CCc1cc(OCC(=O)NCCC#N)c(C(=O)O)s1. The van der Waals surface area contributed by atoms with E-state index < -0.39 is 5.97 Å². The third-order valence-electron chi connectivity index (χ3n) is 2.21. The average Bonchev–Trinajstić information content (AvgIpc) is 2.80. The van der Waals surface area contributed by atoms with E-state index in [1.54, 1.807) is 6.07 Å². The molecule has 1 rings (SSSR count). The Morgan fingerprint density at radius 2 is 2.32 bits per heavy atom. The van der Waals surface area contributed by atoms with Gasteiger partial charge in [0.15, 0.2) is 11.5 Å². The van der Waals surface area contributed by atoms with Gasteiger partial charge in [0.05, 0.1) is 12.5 Å². The second kappa shape index (κ2) is 7.38. The van der Waals surface area contributed by atoms with Gasteiger partial charge in [-0.3, -0.25) is 4.79 Å². The number of rotatable bonds is 7. The number of ether oxygens (including phenoxy) is 1. The van der Waals surface area contributed by atoms with Gasteiger partial charge in [-0.25, -0.2) is 4.79 Å². The lowest BCUT2D eigenvalue weighted by atomic mass is 10.3. The molecule has 0 spiro atoms. The molecule has 1 aromatic heterocycles. The molecule has 0 atom stereocenters. The van der Waals surface area contributed by atoms with E-state index >= 15 is 0 Å². The smallest absolute Gasteiger partial charge is 0.349 e. The van der Waals surface area contributed by atoms with Crippen molar-refractivity contribution in [1.29, 1.82) is 5.26 Å². The quantitative estimate of drug-likeness (QED) is 0.737. The molecule has 7 heteroatoms. The van der Waals surface area contributed by atoms with Crippen molar-refractivity contribution in [3.05, 3.63) is 15.8 Å². The fourth-order valence-corrected chi connectivity index (χ4v) is 2.18. The standard InChI is InChI=1S/C12H14N2O4S/c1-2-8-6-9(11(19-8)12(16)17)18-7-10(15)14-5-3-4-13/h6H,2-3,5,7H2,1H3,(H,14,15)(H,16,17). The molecule has 0 bridgehead atoms. The minimum absolute atomic E-state index is 0.0988. The van der Waals surface area contributed by atoms with Crippen molar-refractivity contribution < 1.29 is 19.4 Å². The van der Waals surface area contributed by atoms with Crippen LogP contribution in [0.2, 0.25) is 0 Å². The number of carboxylic acids is 1. The highest BCUT2D eigenvalue weighted by atomic mass is 32.1. The van der Waals surface area contributed by atoms with Crippen molar-refractivity contribution in [2.45, 2.75) is 19.8 Å². The van der Waals surface area contributed by atoms with Crippen molar-refractivity contribution in [2.24, 2.45) is 0 Å². The largest absolute Gasteiger partial charge is 0.482 e. The van der Waals surface area contributed by atoms with Crippen LogP contribution in [0.25, 0.3) is 0 Å². The normalized spacial score (nSPS) is 9.68. The molecule has 6 nitrogen and oxygen atoms in total. The highest BCUT2D eigenvalue weighted by Gasteiger charge is 2.17. The van der Waals surface area contributed by atoms with Crippen LogP contribution in [0, 0.1) is 11.3 Å². The molecule has 0 aliphatic rings. The lowest BCUT2D eigenvalue weighted by molar-refractivity contribution is -0.123. The van der Waals surface area contributed by atoms with E-state index in [0.29, 0.717) is 6.42 Å². The Bertz CT molecular complexity index is 504. The first-order chi connectivity index (χ1) is 9.08. The number of aromatic carboxylic acids is 1. The predicted molar refractivity (Wildman–Crippen MR) is 69.4 cm³/mol. The summed E-state index contributed by atoms with van der Waals surface area (Å²) in [5, 5.41) is 19.8. The van der Waals surface area contributed by atoms with Gasteiger partial charge in [0.2, 0.25) is 0 Å². The Morgan fingerprint density at radius 3 is 2.89 bits per heavy atom. The van der Waals surface area contributed by atoms with Gasteiger partial charge in [-0.2, -0.15) is 5.26 Å². The number of carboxylic acid groups (broad SMARTS) is 1. The van der Waals surface area contributed by atoms with Crippen molar-refractivity contribution in [2.75, 3.05) is 13.2 Å². The predicted octanol–water partition coefficient (Wildman–Crippen LogP) is 1.42. The number of amides is 1. The highest BCUT2D eigenvalue weighted by Crippen LogP contribution is 2.29. The minimum atomic E-state index is -1.07. The molecular weight excluding hydrogens is 268 g/mol. The Kier molecular flexibility index (Phi) is 5.82. The molecule has 1 aromatic rings. The van der Waals surface area contributed by atoms with Crippen LogP contribution in [-0.4, -0.2) is 30.1 Å². The van der Waals surface area contributed by atoms with E-state index in [9.17, 15) is 9.59 Å². The molecule has 102 valence electrons. The fraction of sp³-hybridized carbons (Fsp3) is 0.417. The minimum Gasteiger partial charge on any atom is -0.482 e. The summed E-state index contributed by atoms with van der Waals surface area (Å²) in [5.74, 6) is -1.23. The number of nitrogens with zero attached hydrogens (tertiary/aromatic N) is 1. The summed E-state index contributed by atoms with van der Waals surface area (Å²) in [4.78, 5) is 23.3. The van der Waals surface area contributed by atoms with Crippen molar-refractivity contribution in [1.82, 2.24) is 5.32 Å². The Morgan fingerprint density at radius 1 is 1.58 bits per heavy atom. The van der Waals surface area contributed by atoms with E-state index in [1.165, 1.54) is 0 Å². The monoisotopic (exact) mass is 282 g/mol. The van der Waals surface area contributed by atoms with E-state index in [-0.39, 0.29) is 36.1 Å². The number of hydrogen-bond acceptors (Lipinski definition) is 5. The third-order valence-corrected chi connectivity index (χ3v) is 3.46. The first-order valence-electron chi connectivity index (χ1n) is 5.71. The number of hydrogen-bond donors (Lipinski definition) is 2. The maximum absolute atomic E-state index is 11.4. The zero-order chi connectivity index (χ0) is 14.3. The molecule has 2 N–H and O–H groups in total. The summed E-state index contributed by atoms with van der Waals surface area (Å²) in [7, 11) is 0. The number of carbonyl (C=O) groups is 2. The second-order valence-electron chi connectivity index (χ2n) is 3.61. The number of nitrogens with one attached hydrogen (secondary N) is 1. The first kappa shape index (κ1) is 15.0. The molecule has 0 radical (unpaired) electrons. The summed E-state index contributed by atoms with van der Waals surface area (Å²) in [6, 6.07) is 3.54. The van der Waals surface area contributed by atoms with Gasteiger partial charge in [0, 0.05) is 11.4 Å². The van der Waals surface area contributed by atoms with Gasteiger partial charge >= 0.3 is 5.97 Å². The number of nitriles is 1. The van der Waals surface area contributed by atoms with Crippen LogP contribution in [0.1, 0.15) is 27.9 Å². The van der Waals surface area contributed by atoms with Gasteiger partial charge in [-0.1, -0.05) is 6.92 Å². The molecule has 1 heterocycles. The second-order valence-corrected chi connectivity index (χ2v) is 4.75. The molecule has 0 aliphatic carbocycles. The molecule has 0 aliphatic heterocycles. The van der Waals surface area contributed by atoms with Crippen molar-refractivity contribution in [3.8, 4) is 11.8 Å². The summed E-state index contributed by atoms with van der Waals surface area (Å²) >= 11 is 1.14. The lowest BCUT2D eigenvalue weighted by Gasteiger charge is -2.05. The molecule has 0 saturated carbocycles. The van der Waals surface area contributed by atoms with E-state index in [1.807, 2.05) is 13.0 Å². The van der Waals surface area contributed by atoms with Crippen LogP contribution >= 0.6 is 11.3 Å². The summed E-state index contributed by atoms with van der Waals surface area (Å²) in [6.07, 6.45) is 0.938. The molecule has 0 unspecified atom stereocenters. The fourth-order valence-electron chi connectivity index (χ4n) is 1.31. The van der Waals surface area contributed by atoms with Crippen molar-refractivity contribution in [3.63, 3.8) is 0 Å². The van der Waals surface area contributed by atoms with Crippen LogP contribution in [0.4, 0.5) is 0 Å². The zero-order valence-electron chi connectivity index (χ0n) is 10.4. The molecule has 1 amide bonds. The maximum atomic E-state index is 11.4. The lowest BCUT2D eigenvalue weighted by Crippen LogP contribution is -2.29. The maximum Gasteiger partial charge on any atom is 0.349 e. The summed E-state index contributed by atoms with van der Waals surface area (Å²) < 4.78 is 5.21. The van der Waals surface area contributed by atoms with E-state index in [4.69, 9.17) is 15.1 Å². The number of aryl methyl sites for hydroxylation is 1. The van der Waals surface area contributed by atoms with Gasteiger partial charge in [-0.15, -0.1) is 11.3 Å². The van der Waals surface area contributed by atoms with Crippen LogP contribution in [-0.2, 0) is 11.2 Å². The summed E-state index contributed by atoms with van der Waals surface area (Å²) in [5.41, 5.74) is 0. The highest BCUT2D eigenvalue weighted by molar-refractivity contribution is 7.14. The van der Waals surface area contributed by atoms with Gasteiger partial charge < -0.3 is 15.2 Å². The molecule has 19 heavy (non-hydrogen) atoms. The molecule has 0 aromatic carbocycles.